The zero-order chi connectivity index (χ0) is 25.5. The van der Waals surface area contributed by atoms with Crippen molar-refractivity contribution in [1.82, 2.24) is 9.80 Å². The number of hydrogen-bond acceptors (Lipinski definition) is 5. The summed E-state index contributed by atoms with van der Waals surface area (Å²) in [4.78, 5) is 30.2. The normalized spacial score (nSPS) is 17.4. The minimum Gasteiger partial charge on any atom is -0.493 e. The predicted octanol–water partition coefficient (Wildman–Crippen LogP) is 4.55. The number of hydrogen-bond donors (Lipinski definition) is 0. The molecule has 0 radical (unpaired) electrons. The van der Waals surface area contributed by atoms with Crippen LogP contribution in [0.4, 0.5) is 4.39 Å². The van der Waals surface area contributed by atoms with Crippen LogP contribution in [0.1, 0.15) is 48.9 Å². The van der Waals surface area contributed by atoms with Crippen LogP contribution in [-0.2, 0) is 4.79 Å². The first-order chi connectivity index (χ1) is 17.4. The van der Waals surface area contributed by atoms with Gasteiger partial charge in [0.25, 0.3) is 5.91 Å². The Bertz CT molecular complexity index is 1040. The van der Waals surface area contributed by atoms with Crippen molar-refractivity contribution in [3.05, 3.63) is 53.8 Å². The van der Waals surface area contributed by atoms with E-state index in [1.165, 1.54) is 12.1 Å². The number of carbonyl (C=O) groups is 2. The Hall–Kier alpha value is -3.29. The van der Waals surface area contributed by atoms with E-state index in [9.17, 15) is 14.0 Å². The molecule has 2 aromatic carbocycles. The van der Waals surface area contributed by atoms with Gasteiger partial charge in [0.2, 0.25) is 5.91 Å². The summed E-state index contributed by atoms with van der Waals surface area (Å²) in [6, 6.07) is 11.1. The van der Waals surface area contributed by atoms with Crippen molar-refractivity contribution in [3.8, 4) is 17.2 Å². The summed E-state index contributed by atoms with van der Waals surface area (Å²) in [7, 11) is 3.10. The molecular weight excluding hydrogens is 463 g/mol. The Balaban J connectivity index is 1.46. The van der Waals surface area contributed by atoms with Crippen LogP contribution in [0, 0.1) is 11.2 Å². The van der Waals surface area contributed by atoms with Crippen molar-refractivity contribution >= 4 is 11.8 Å². The molecule has 2 heterocycles. The lowest BCUT2D eigenvalue weighted by atomic mass is 9.75. The average molecular weight is 499 g/mol. The molecule has 8 heteroatoms. The summed E-state index contributed by atoms with van der Waals surface area (Å²) in [5.74, 6) is 1.41. The summed E-state index contributed by atoms with van der Waals surface area (Å²) in [5.41, 5.74) is 0.143. The highest BCUT2D eigenvalue weighted by Crippen LogP contribution is 2.38. The van der Waals surface area contributed by atoms with Gasteiger partial charge in [-0.3, -0.25) is 9.59 Å². The highest BCUT2D eigenvalue weighted by atomic mass is 19.1. The molecule has 2 fully saturated rings. The van der Waals surface area contributed by atoms with Crippen molar-refractivity contribution in [2.45, 2.75) is 38.5 Å². The van der Waals surface area contributed by atoms with E-state index < -0.39 is 5.41 Å². The second-order valence-corrected chi connectivity index (χ2v) is 9.72. The van der Waals surface area contributed by atoms with Crippen LogP contribution in [-0.4, -0.2) is 68.6 Å². The van der Waals surface area contributed by atoms with Crippen LogP contribution < -0.4 is 14.2 Å². The summed E-state index contributed by atoms with van der Waals surface area (Å²) >= 11 is 0. The zero-order valence-electron chi connectivity index (χ0n) is 21.1. The van der Waals surface area contributed by atoms with E-state index in [4.69, 9.17) is 14.2 Å². The Labute approximate surface area is 212 Å². The van der Waals surface area contributed by atoms with Gasteiger partial charge in [0, 0.05) is 43.6 Å². The van der Waals surface area contributed by atoms with E-state index in [-0.39, 0.29) is 17.6 Å². The Kier molecular flexibility index (Phi) is 8.33. The number of methoxy groups -OCH3 is 2. The smallest absolute Gasteiger partial charge is 0.253 e. The van der Waals surface area contributed by atoms with Gasteiger partial charge in [-0.15, -0.1) is 0 Å². The lowest BCUT2D eigenvalue weighted by Crippen LogP contribution is -2.48. The number of piperidine rings is 2. The molecule has 0 N–H and O–H groups in total. The van der Waals surface area contributed by atoms with Crippen LogP contribution in [0.15, 0.2) is 42.5 Å². The summed E-state index contributed by atoms with van der Waals surface area (Å²) in [5, 5.41) is 0. The monoisotopic (exact) mass is 498 g/mol. The van der Waals surface area contributed by atoms with Crippen molar-refractivity contribution in [2.75, 3.05) is 47.0 Å². The molecular formula is C28H35FN2O5. The molecule has 0 unspecified atom stereocenters. The molecule has 2 aromatic rings. The van der Waals surface area contributed by atoms with Crippen LogP contribution >= 0.6 is 0 Å². The average Bonchev–Trinajstić information content (AvgIpc) is 2.93. The first-order valence-corrected chi connectivity index (χ1v) is 12.6. The standard InChI is InChI=1S/C28H35FN2O5/c1-34-24-11-6-21(18-25(24)35-2)27(33)31-16-12-28(13-17-31,19-26(32)30-14-4-3-5-15-30)20-36-23-9-7-22(29)8-10-23/h6-11,18H,3-5,12-17,19-20H2,1-2H3. The van der Waals surface area contributed by atoms with Gasteiger partial charge in [0.1, 0.15) is 11.6 Å². The molecule has 2 amide bonds. The van der Waals surface area contributed by atoms with Crippen LogP contribution in [0.3, 0.4) is 0 Å². The minimum atomic E-state index is -0.392. The fraction of sp³-hybridized carbons (Fsp3) is 0.500. The minimum absolute atomic E-state index is 0.0774. The first kappa shape index (κ1) is 25.8. The van der Waals surface area contributed by atoms with Crippen LogP contribution in [0.5, 0.6) is 17.2 Å². The van der Waals surface area contributed by atoms with Crippen LogP contribution in [0.2, 0.25) is 0 Å². The van der Waals surface area contributed by atoms with E-state index in [2.05, 4.69) is 0 Å². The van der Waals surface area contributed by atoms with E-state index >= 15 is 0 Å². The molecule has 2 saturated heterocycles. The number of ether oxygens (including phenoxy) is 3. The Morgan fingerprint density at radius 1 is 0.861 bits per heavy atom. The third-order valence-electron chi connectivity index (χ3n) is 7.34. The number of halogens is 1. The van der Waals surface area contributed by atoms with Crippen molar-refractivity contribution < 1.29 is 28.2 Å². The van der Waals surface area contributed by atoms with Crippen molar-refractivity contribution in [1.29, 1.82) is 0 Å². The van der Waals surface area contributed by atoms with Gasteiger partial charge in [-0.2, -0.15) is 0 Å². The fourth-order valence-electron chi connectivity index (χ4n) is 5.05. The molecule has 0 bridgehead atoms. The van der Waals surface area contributed by atoms with Gasteiger partial charge < -0.3 is 24.0 Å². The topological polar surface area (TPSA) is 68.3 Å². The second-order valence-electron chi connectivity index (χ2n) is 9.72. The molecule has 0 aromatic heterocycles. The number of likely N-dealkylation sites (tertiary alicyclic amines) is 2. The maximum absolute atomic E-state index is 13.3. The van der Waals surface area contributed by atoms with Gasteiger partial charge >= 0.3 is 0 Å². The second kappa shape index (κ2) is 11.6. The van der Waals surface area contributed by atoms with E-state index in [0.29, 0.717) is 61.8 Å². The molecule has 36 heavy (non-hydrogen) atoms. The number of rotatable bonds is 8. The largest absolute Gasteiger partial charge is 0.493 e. The summed E-state index contributed by atoms with van der Waals surface area (Å²) < 4.78 is 30.0. The van der Waals surface area contributed by atoms with Gasteiger partial charge in [-0.1, -0.05) is 0 Å². The first-order valence-electron chi connectivity index (χ1n) is 12.6. The number of amides is 2. The zero-order valence-corrected chi connectivity index (χ0v) is 21.1. The van der Waals surface area contributed by atoms with Gasteiger partial charge in [-0.25, -0.2) is 4.39 Å². The van der Waals surface area contributed by atoms with Gasteiger partial charge in [0.15, 0.2) is 11.5 Å². The van der Waals surface area contributed by atoms with Gasteiger partial charge in [0.05, 0.1) is 20.8 Å². The highest BCUT2D eigenvalue weighted by molar-refractivity contribution is 5.95. The molecule has 0 atom stereocenters. The van der Waals surface area contributed by atoms with Crippen molar-refractivity contribution in [2.24, 2.45) is 5.41 Å². The maximum atomic E-state index is 13.3. The van der Waals surface area contributed by atoms with Crippen LogP contribution in [0.25, 0.3) is 0 Å². The van der Waals surface area contributed by atoms with Gasteiger partial charge in [-0.05, 0) is 74.6 Å². The quantitative estimate of drug-likeness (QED) is 0.534. The predicted molar refractivity (Wildman–Crippen MR) is 134 cm³/mol. The molecule has 0 saturated carbocycles. The Morgan fingerprint density at radius 3 is 2.17 bits per heavy atom. The highest BCUT2D eigenvalue weighted by Gasteiger charge is 2.40. The van der Waals surface area contributed by atoms with E-state index in [1.807, 2.05) is 9.80 Å². The van der Waals surface area contributed by atoms with Crippen molar-refractivity contribution in [3.63, 3.8) is 0 Å². The summed E-state index contributed by atoms with van der Waals surface area (Å²) in [6.07, 6.45) is 4.92. The Morgan fingerprint density at radius 2 is 1.53 bits per heavy atom. The lowest BCUT2D eigenvalue weighted by Gasteiger charge is -2.42. The lowest BCUT2D eigenvalue weighted by molar-refractivity contribution is -0.136. The molecule has 7 nitrogen and oxygen atoms in total. The molecule has 4 rings (SSSR count). The van der Waals surface area contributed by atoms with E-state index in [0.717, 1.165) is 32.4 Å². The molecule has 2 aliphatic heterocycles. The fourth-order valence-corrected chi connectivity index (χ4v) is 5.05. The number of benzene rings is 2. The number of nitrogens with zero attached hydrogens (tertiary/aromatic N) is 2. The SMILES string of the molecule is COc1ccc(C(=O)N2CCC(COc3ccc(F)cc3)(CC(=O)N3CCCCC3)CC2)cc1OC. The molecule has 0 aliphatic carbocycles. The summed E-state index contributed by atoms with van der Waals surface area (Å²) in [6.45, 7) is 2.99. The molecule has 0 spiro atoms. The third-order valence-corrected chi connectivity index (χ3v) is 7.34. The number of carbonyl (C=O) groups excluding carboxylic acids is 2. The maximum Gasteiger partial charge on any atom is 0.253 e. The third kappa shape index (κ3) is 6.09. The molecule has 194 valence electrons. The molecule has 2 aliphatic rings. The van der Waals surface area contributed by atoms with E-state index in [1.54, 1.807) is 44.6 Å².